The average Bonchev–Trinajstić information content (AvgIpc) is 2.45. The van der Waals surface area contributed by atoms with Gasteiger partial charge in [0.2, 0.25) is 0 Å². The molecule has 2 aromatic rings. The van der Waals surface area contributed by atoms with Crippen molar-refractivity contribution >= 4 is 17.6 Å². The van der Waals surface area contributed by atoms with Gasteiger partial charge in [0.25, 0.3) is 0 Å². The molecule has 0 radical (unpaired) electrons. The molecule has 1 unspecified atom stereocenters. The van der Waals surface area contributed by atoms with Crippen molar-refractivity contribution < 1.29 is 28.2 Å². The van der Waals surface area contributed by atoms with Crippen molar-refractivity contribution in [3.05, 3.63) is 58.6 Å². The normalized spacial score (nSPS) is 13.0. The van der Waals surface area contributed by atoms with Gasteiger partial charge in [-0.05, 0) is 35.4 Å². The number of hydrogen-bond acceptors (Lipinski definition) is 2. The molecular formula is C15H10ClF3O3. The molecule has 2 rings (SSSR count). The van der Waals surface area contributed by atoms with E-state index < -0.39 is 23.8 Å². The van der Waals surface area contributed by atoms with Crippen LogP contribution in [-0.4, -0.2) is 16.2 Å². The zero-order valence-electron chi connectivity index (χ0n) is 10.9. The van der Waals surface area contributed by atoms with Crippen LogP contribution in [0.4, 0.5) is 13.2 Å². The Balaban J connectivity index is 2.51. The first-order valence-electron chi connectivity index (χ1n) is 6.08. The Hall–Kier alpha value is -2.05. The molecular weight excluding hydrogens is 321 g/mol. The molecule has 0 saturated heterocycles. The lowest BCUT2D eigenvalue weighted by Crippen LogP contribution is -2.11. The highest BCUT2D eigenvalue weighted by molar-refractivity contribution is 6.30. The van der Waals surface area contributed by atoms with Gasteiger partial charge in [-0.3, -0.25) is 0 Å². The quantitative estimate of drug-likeness (QED) is 0.889. The summed E-state index contributed by atoms with van der Waals surface area (Å²) in [5, 5.41) is 18.8. The van der Waals surface area contributed by atoms with E-state index in [1.54, 1.807) is 0 Å². The molecule has 0 aliphatic rings. The monoisotopic (exact) mass is 330 g/mol. The summed E-state index contributed by atoms with van der Waals surface area (Å²) >= 11 is 5.79. The third kappa shape index (κ3) is 3.40. The maximum Gasteiger partial charge on any atom is 0.416 e. The summed E-state index contributed by atoms with van der Waals surface area (Å²) in [5.41, 5.74) is -0.154. The minimum atomic E-state index is -4.46. The highest BCUT2D eigenvalue weighted by Crippen LogP contribution is 2.34. The lowest BCUT2D eigenvalue weighted by Gasteiger charge is -2.14. The molecule has 0 spiro atoms. The largest absolute Gasteiger partial charge is 0.479 e. The summed E-state index contributed by atoms with van der Waals surface area (Å²) in [6.45, 7) is 0. The number of alkyl halides is 3. The standard InChI is InChI=1S/C15H10ClF3O3/c16-10-5-6-11(12(7-10)13(20)14(21)22)8-1-3-9(4-2-8)15(17,18)19/h1-7,13,20H,(H,21,22). The van der Waals surface area contributed by atoms with Crippen molar-refractivity contribution in [1.29, 1.82) is 0 Å². The van der Waals surface area contributed by atoms with Gasteiger partial charge in [-0.2, -0.15) is 13.2 Å². The van der Waals surface area contributed by atoms with Gasteiger partial charge in [0, 0.05) is 10.6 Å². The second-order valence-corrected chi connectivity index (χ2v) is 4.98. The predicted molar refractivity (Wildman–Crippen MR) is 74.5 cm³/mol. The van der Waals surface area contributed by atoms with E-state index in [0.29, 0.717) is 11.1 Å². The van der Waals surface area contributed by atoms with E-state index in [9.17, 15) is 23.1 Å². The molecule has 0 amide bonds. The number of hydrogen-bond donors (Lipinski definition) is 2. The number of carbonyl (C=O) groups is 1. The Kier molecular flexibility index (Phi) is 4.44. The second-order valence-electron chi connectivity index (χ2n) is 4.55. The molecule has 0 bridgehead atoms. The lowest BCUT2D eigenvalue weighted by molar-refractivity contribution is -0.147. The van der Waals surface area contributed by atoms with Crippen LogP contribution in [0.25, 0.3) is 11.1 Å². The molecule has 0 aliphatic carbocycles. The van der Waals surface area contributed by atoms with E-state index in [-0.39, 0.29) is 10.6 Å². The van der Waals surface area contributed by atoms with Gasteiger partial charge in [-0.1, -0.05) is 29.8 Å². The Morgan fingerprint density at radius 1 is 1.09 bits per heavy atom. The average molecular weight is 331 g/mol. The number of aliphatic hydroxyl groups excluding tert-OH is 1. The number of aliphatic hydroxyl groups is 1. The van der Waals surface area contributed by atoms with Gasteiger partial charge in [0.05, 0.1) is 5.56 Å². The van der Waals surface area contributed by atoms with Crippen LogP contribution in [0.1, 0.15) is 17.2 Å². The summed E-state index contributed by atoms with van der Waals surface area (Å²) in [6, 6.07) is 8.39. The van der Waals surface area contributed by atoms with Crippen LogP contribution in [0.3, 0.4) is 0 Å². The Morgan fingerprint density at radius 3 is 2.18 bits per heavy atom. The van der Waals surface area contributed by atoms with Crippen molar-refractivity contribution in [3.63, 3.8) is 0 Å². The molecule has 116 valence electrons. The molecule has 0 aliphatic heterocycles. The maximum absolute atomic E-state index is 12.6. The summed E-state index contributed by atoms with van der Waals surface area (Å²) in [4.78, 5) is 10.9. The third-order valence-electron chi connectivity index (χ3n) is 3.07. The molecule has 1 atom stereocenters. The first-order valence-corrected chi connectivity index (χ1v) is 6.46. The van der Waals surface area contributed by atoms with Crippen molar-refractivity contribution in [3.8, 4) is 11.1 Å². The number of benzene rings is 2. The number of rotatable bonds is 3. The SMILES string of the molecule is O=C(O)C(O)c1cc(Cl)ccc1-c1ccc(C(F)(F)F)cc1. The van der Waals surface area contributed by atoms with Crippen molar-refractivity contribution in [2.45, 2.75) is 12.3 Å². The Labute approximate surface area is 128 Å². The number of carboxylic acid groups (broad SMARTS) is 1. The Bertz CT molecular complexity index is 696. The van der Waals surface area contributed by atoms with E-state index in [1.807, 2.05) is 0 Å². The number of halogens is 4. The lowest BCUT2D eigenvalue weighted by atomic mass is 9.95. The molecule has 22 heavy (non-hydrogen) atoms. The van der Waals surface area contributed by atoms with Gasteiger partial charge in [-0.15, -0.1) is 0 Å². The number of aliphatic carboxylic acids is 1. The topological polar surface area (TPSA) is 57.5 Å². The zero-order chi connectivity index (χ0) is 16.5. The summed E-state index contributed by atoms with van der Waals surface area (Å²) in [7, 11) is 0. The summed E-state index contributed by atoms with van der Waals surface area (Å²) < 4.78 is 37.7. The molecule has 0 aromatic heterocycles. The van der Waals surface area contributed by atoms with Crippen LogP contribution in [0, 0.1) is 0 Å². The number of carboxylic acids is 1. The van der Waals surface area contributed by atoms with Crippen LogP contribution >= 0.6 is 11.6 Å². The van der Waals surface area contributed by atoms with E-state index in [1.165, 1.54) is 30.3 Å². The van der Waals surface area contributed by atoms with Crippen LogP contribution in [-0.2, 0) is 11.0 Å². The van der Waals surface area contributed by atoms with Crippen LogP contribution < -0.4 is 0 Å². The third-order valence-corrected chi connectivity index (χ3v) is 3.30. The molecule has 0 heterocycles. The van der Waals surface area contributed by atoms with E-state index in [4.69, 9.17) is 16.7 Å². The van der Waals surface area contributed by atoms with Crippen LogP contribution in [0.5, 0.6) is 0 Å². The van der Waals surface area contributed by atoms with Gasteiger partial charge < -0.3 is 10.2 Å². The fraction of sp³-hybridized carbons (Fsp3) is 0.133. The highest BCUT2D eigenvalue weighted by atomic mass is 35.5. The van der Waals surface area contributed by atoms with Gasteiger partial charge in [-0.25, -0.2) is 4.79 Å². The molecule has 3 nitrogen and oxygen atoms in total. The Morgan fingerprint density at radius 2 is 1.68 bits per heavy atom. The predicted octanol–water partition coefficient (Wildman–Crippen LogP) is 4.14. The van der Waals surface area contributed by atoms with Gasteiger partial charge >= 0.3 is 12.1 Å². The fourth-order valence-electron chi connectivity index (χ4n) is 1.99. The first-order chi connectivity index (χ1) is 10.2. The van der Waals surface area contributed by atoms with E-state index in [0.717, 1.165) is 12.1 Å². The zero-order valence-corrected chi connectivity index (χ0v) is 11.7. The molecule has 0 saturated carbocycles. The minimum absolute atomic E-state index is 0.0137. The first kappa shape index (κ1) is 16.3. The molecule has 7 heteroatoms. The maximum atomic E-state index is 12.6. The van der Waals surface area contributed by atoms with Crippen molar-refractivity contribution in [1.82, 2.24) is 0 Å². The van der Waals surface area contributed by atoms with Crippen molar-refractivity contribution in [2.24, 2.45) is 0 Å². The molecule has 2 N–H and O–H groups in total. The van der Waals surface area contributed by atoms with E-state index in [2.05, 4.69) is 0 Å². The van der Waals surface area contributed by atoms with Crippen molar-refractivity contribution in [2.75, 3.05) is 0 Å². The fourth-order valence-corrected chi connectivity index (χ4v) is 2.18. The molecule has 0 fully saturated rings. The second kappa shape index (κ2) is 5.98. The van der Waals surface area contributed by atoms with Crippen LogP contribution in [0.2, 0.25) is 5.02 Å². The van der Waals surface area contributed by atoms with Gasteiger partial charge in [0.1, 0.15) is 0 Å². The smallest absolute Gasteiger partial charge is 0.416 e. The highest BCUT2D eigenvalue weighted by Gasteiger charge is 2.30. The summed E-state index contributed by atoms with van der Waals surface area (Å²) in [6.07, 6.45) is -6.28. The molecule has 2 aromatic carbocycles. The minimum Gasteiger partial charge on any atom is -0.479 e. The van der Waals surface area contributed by atoms with Gasteiger partial charge in [0.15, 0.2) is 6.10 Å². The summed E-state index contributed by atoms with van der Waals surface area (Å²) in [5.74, 6) is -1.48. The van der Waals surface area contributed by atoms with E-state index >= 15 is 0 Å². The van der Waals surface area contributed by atoms with Crippen LogP contribution in [0.15, 0.2) is 42.5 Å².